The molecule has 104 valence electrons. The van der Waals surface area contributed by atoms with Gasteiger partial charge in [-0.25, -0.2) is 0 Å². The molecule has 0 radical (unpaired) electrons. The average Bonchev–Trinajstić information content (AvgIpc) is 2.86. The summed E-state index contributed by atoms with van der Waals surface area (Å²) in [6.07, 6.45) is 1.95. The molecule has 1 aliphatic heterocycles. The van der Waals surface area contributed by atoms with Crippen molar-refractivity contribution >= 4 is 27.5 Å². The molecule has 1 saturated heterocycles. The molecule has 4 nitrogen and oxygen atoms in total. The Kier molecular flexibility index (Phi) is 4.47. The van der Waals surface area contributed by atoms with Crippen LogP contribution in [0.2, 0.25) is 0 Å². The Hall–Kier alpha value is -1.07. The van der Waals surface area contributed by atoms with Gasteiger partial charge in [-0.05, 0) is 25.0 Å². The molecule has 19 heavy (non-hydrogen) atoms. The number of likely N-dealkylation sites (N-methyl/N-ethyl adjacent to an activating group) is 1. The number of hydrogen-bond acceptors (Lipinski definition) is 3. The van der Waals surface area contributed by atoms with E-state index in [4.69, 9.17) is 5.73 Å². The number of nitrogens with zero attached hydrogens (tertiary/aromatic N) is 2. The van der Waals surface area contributed by atoms with Gasteiger partial charge in [-0.2, -0.15) is 0 Å². The molecule has 1 unspecified atom stereocenters. The summed E-state index contributed by atoms with van der Waals surface area (Å²) in [5.41, 5.74) is 8.00. The number of carbonyl (C=O) groups excluding carboxylic acids is 1. The SMILES string of the molecule is CN(C)C(=O)C1CCCN1c1cccc(Br)c1CN. The van der Waals surface area contributed by atoms with Gasteiger partial charge in [-0.1, -0.05) is 22.0 Å². The molecule has 0 aromatic heterocycles. The van der Waals surface area contributed by atoms with E-state index in [1.54, 1.807) is 4.90 Å². The minimum Gasteiger partial charge on any atom is -0.359 e. The second-order valence-corrected chi connectivity index (χ2v) is 5.88. The molecule has 1 aromatic carbocycles. The number of carbonyl (C=O) groups is 1. The zero-order valence-electron chi connectivity index (χ0n) is 11.4. The van der Waals surface area contributed by atoms with Crippen molar-refractivity contribution in [2.75, 3.05) is 25.5 Å². The van der Waals surface area contributed by atoms with Gasteiger partial charge in [0.05, 0.1) is 0 Å². The Bertz CT molecular complexity index is 476. The van der Waals surface area contributed by atoms with Crippen LogP contribution in [0.5, 0.6) is 0 Å². The topological polar surface area (TPSA) is 49.6 Å². The first kappa shape index (κ1) is 14.3. The lowest BCUT2D eigenvalue weighted by Gasteiger charge is -2.30. The van der Waals surface area contributed by atoms with E-state index in [-0.39, 0.29) is 11.9 Å². The number of benzene rings is 1. The summed E-state index contributed by atoms with van der Waals surface area (Å²) in [4.78, 5) is 16.1. The first-order valence-electron chi connectivity index (χ1n) is 6.51. The molecular weight excluding hydrogens is 306 g/mol. The van der Waals surface area contributed by atoms with Gasteiger partial charge in [0.1, 0.15) is 6.04 Å². The second kappa shape index (κ2) is 5.92. The normalized spacial score (nSPS) is 18.7. The molecule has 5 heteroatoms. The third-order valence-corrected chi connectivity index (χ3v) is 4.33. The summed E-state index contributed by atoms with van der Waals surface area (Å²) in [6, 6.07) is 5.97. The fraction of sp³-hybridized carbons (Fsp3) is 0.500. The lowest BCUT2D eigenvalue weighted by atomic mass is 10.1. The van der Waals surface area contributed by atoms with E-state index in [0.717, 1.165) is 35.1 Å². The Morgan fingerprint density at radius 1 is 1.53 bits per heavy atom. The van der Waals surface area contributed by atoms with E-state index in [2.05, 4.69) is 20.8 Å². The van der Waals surface area contributed by atoms with E-state index in [1.165, 1.54) is 0 Å². The van der Waals surface area contributed by atoms with Gasteiger partial charge < -0.3 is 15.5 Å². The highest BCUT2D eigenvalue weighted by Crippen LogP contribution is 2.33. The van der Waals surface area contributed by atoms with Crippen LogP contribution in [0.3, 0.4) is 0 Å². The van der Waals surface area contributed by atoms with Gasteiger partial charge in [0.25, 0.3) is 0 Å². The van der Waals surface area contributed by atoms with Gasteiger partial charge in [0.15, 0.2) is 0 Å². The van der Waals surface area contributed by atoms with Gasteiger partial charge in [0, 0.05) is 42.9 Å². The van der Waals surface area contributed by atoms with Crippen LogP contribution in [0.4, 0.5) is 5.69 Å². The third-order valence-electron chi connectivity index (χ3n) is 3.59. The zero-order valence-corrected chi connectivity index (χ0v) is 13.0. The van der Waals surface area contributed by atoms with Gasteiger partial charge in [-0.15, -0.1) is 0 Å². The first-order valence-corrected chi connectivity index (χ1v) is 7.30. The summed E-state index contributed by atoms with van der Waals surface area (Å²) < 4.78 is 1.01. The summed E-state index contributed by atoms with van der Waals surface area (Å²) in [5.74, 6) is 0.167. The van der Waals surface area contributed by atoms with Crippen molar-refractivity contribution in [1.29, 1.82) is 0 Å². The highest BCUT2D eigenvalue weighted by atomic mass is 79.9. The van der Waals surface area contributed by atoms with E-state index in [1.807, 2.05) is 32.3 Å². The molecule has 0 bridgehead atoms. The van der Waals surface area contributed by atoms with Crippen LogP contribution in [0.25, 0.3) is 0 Å². The minimum absolute atomic E-state index is 0.0606. The maximum Gasteiger partial charge on any atom is 0.244 e. The molecule has 2 N–H and O–H groups in total. The second-order valence-electron chi connectivity index (χ2n) is 5.03. The molecule has 1 aliphatic rings. The summed E-state index contributed by atoms with van der Waals surface area (Å²) in [6.45, 7) is 1.38. The number of amides is 1. The zero-order chi connectivity index (χ0) is 14.0. The predicted molar refractivity (Wildman–Crippen MR) is 81.1 cm³/mol. The van der Waals surface area contributed by atoms with E-state index >= 15 is 0 Å². The maximum atomic E-state index is 12.3. The van der Waals surface area contributed by atoms with Crippen LogP contribution in [0, 0.1) is 0 Å². The smallest absolute Gasteiger partial charge is 0.244 e. The average molecular weight is 326 g/mol. The summed E-state index contributed by atoms with van der Waals surface area (Å²) in [5, 5.41) is 0. The van der Waals surface area contributed by atoms with Crippen LogP contribution in [-0.4, -0.2) is 37.5 Å². The largest absolute Gasteiger partial charge is 0.359 e. The van der Waals surface area contributed by atoms with Crippen molar-refractivity contribution in [2.24, 2.45) is 5.73 Å². The molecule has 2 rings (SSSR count). The van der Waals surface area contributed by atoms with Crippen LogP contribution < -0.4 is 10.6 Å². The fourth-order valence-corrected chi connectivity index (χ4v) is 3.15. The van der Waals surface area contributed by atoms with Gasteiger partial charge in [-0.3, -0.25) is 4.79 Å². The minimum atomic E-state index is -0.0606. The number of rotatable bonds is 3. The predicted octanol–water partition coefficient (Wildman–Crippen LogP) is 1.96. The summed E-state index contributed by atoms with van der Waals surface area (Å²) >= 11 is 3.54. The van der Waals surface area contributed by atoms with Crippen molar-refractivity contribution in [1.82, 2.24) is 4.90 Å². The lowest BCUT2D eigenvalue weighted by molar-refractivity contribution is -0.129. The van der Waals surface area contributed by atoms with E-state index < -0.39 is 0 Å². The Morgan fingerprint density at radius 3 is 2.89 bits per heavy atom. The van der Waals surface area contributed by atoms with Crippen LogP contribution in [0.1, 0.15) is 18.4 Å². The first-order chi connectivity index (χ1) is 9.06. The Balaban J connectivity index is 2.35. The van der Waals surface area contributed by atoms with Crippen molar-refractivity contribution in [2.45, 2.75) is 25.4 Å². The maximum absolute atomic E-state index is 12.3. The van der Waals surface area contributed by atoms with Crippen LogP contribution in [-0.2, 0) is 11.3 Å². The molecule has 1 heterocycles. The quantitative estimate of drug-likeness (QED) is 0.924. The molecular formula is C14H20BrN3O. The van der Waals surface area contributed by atoms with Crippen molar-refractivity contribution in [3.8, 4) is 0 Å². The van der Waals surface area contributed by atoms with Crippen molar-refractivity contribution in [3.63, 3.8) is 0 Å². The van der Waals surface area contributed by atoms with E-state index in [9.17, 15) is 4.79 Å². The van der Waals surface area contributed by atoms with Gasteiger partial charge >= 0.3 is 0 Å². The molecule has 1 aromatic rings. The van der Waals surface area contributed by atoms with Crippen molar-refractivity contribution < 1.29 is 4.79 Å². The highest BCUT2D eigenvalue weighted by Gasteiger charge is 2.32. The highest BCUT2D eigenvalue weighted by molar-refractivity contribution is 9.10. The fourth-order valence-electron chi connectivity index (χ4n) is 2.63. The molecule has 1 atom stereocenters. The molecule has 0 aliphatic carbocycles. The van der Waals surface area contributed by atoms with Crippen LogP contribution in [0.15, 0.2) is 22.7 Å². The summed E-state index contributed by atoms with van der Waals surface area (Å²) in [7, 11) is 3.62. The van der Waals surface area contributed by atoms with Gasteiger partial charge in [0.2, 0.25) is 5.91 Å². The standard InChI is InChI=1S/C14H20BrN3O/c1-17(2)14(19)13-7-4-8-18(13)12-6-3-5-11(15)10(12)9-16/h3,5-6,13H,4,7-9,16H2,1-2H3. The lowest BCUT2D eigenvalue weighted by Crippen LogP contribution is -2.43. The molecule has 1 amide bonds. The molecule has 0 saturated carbocycles. The monoisotopic (exact) mass is 325 g/mol. The Labute approximate surface area is 122 Å². The molecule has 1 fully saturated rings. The molecule has 0 spiro atoms. The number of hydrogen-bond donors (Lipinski definition) is 1. The number of anilines is 1. The van der Waals surface area contributed by atoms with Crippen molar-refractivity contribution in [3.05, 3.63) is 28.2 Å². The van der Waals surface area contributed by atoms with Crippen LogP contribution >= 0.6 is 15.9 Å². The number of nitrogens with two attached hydrogens (primary N) is 1. The third kappa shape index (κ3) is 2.77. The Morgan fingerprint density at radius 2 is 2.26 bits per heavy atom. The number of halogens is 1. The van der Waals surface area contributed by atoms with E-state index in [0.29, 0.717) is 6.54 Å².